The van der Waals surface area contributed by atoms with E-state index in [4.69, 9.17) is 17.3 Å². The summed E-state index contributed by atoms with van der Waals surface area (Å²) in [5, 5.41) is 3.07. The zero-order valence-corrected chi connectivity index (χ0v) is 12.5. The van der Waals surface area contributed by atoms with Crippen molar-refractivity contribution in [2.75, 3.05) is 0 Å². The molecule has 19 heavy (non-hydrogen) atoms. The molecule has 0 spiro atoms. The first-order chi connectivity index (χ1) is 8.45. The van der Waals surface area contributed by atoms with Crippen LogP contribution in [0.4, 0.5) is 4.39 Å². The molecule has 0 fully saturated rings. The quantitative estimate of drug-likeness (QED) is 0.877. The Hall–Kier alpha value is -0.840. The molecule has 108 valence electrons. The molecule has 1 aromatic rings. The van der Waals surface area contributed by atoms with Gasteiger partial charge in [0.2, 0.25) is 5.91 Å². The number of hydrogen-bond acceptors (Lipinski definition) is 2. The summed E-state index contributed by atoms with van der Waals surface area (Å²) in [7, 11) is 0. The number of rotatable bonds is 5. The molecule has 0 saturated heterocycles. The van der Waals surface area contributed by atoms with Gasteiger partial charge in [0.25, 0.3) is 0 Å². The molecule has 0 saturated carbocycles. The minimum Gasteiger partial charge on any atom is -0.348 e. The minimum atomic E-state index is -0.517. The number of halogens is 3. The largest absolute Gasteiger partial charge is 0.348 e. The van der Waals surface area contributed by atoms with Crippen LogP contribution in [-0.2, 0) is 4.79 Å². The highest BCUT2D eigenvalue weighted by Crippen LogP contribution is 2.23. The second-order valence-electron chi connectivity index (χ2n) is 4.29. The Kier molecular flexibility index (Phi) is 7.99. The van der Waals surface area contributed by atoms with Gasteiger partial charge < -0.3 is 11.1 Å². The summed E-state index contributed by atoms with van der Waals surface area (Å²) in [4.78, 5) is 11.7. The van der Waals surface area contributed by atoms with Gasteiger partial charge in [0.05, 0.1) is 12.1 Å². The topological polar surface area (TPSA) is 55.1 Å². The molecule has 0 radical (unpaired) electrons. The highest BCUT2D eigenvalue weighted by Gasteiger charge is 2.17. The SMILES string of the molecule is CCCC(N)C(=O)NC(C)c1ccc(F)cc1Cl.Cl. The van der Waals surface area contributed by atoms with Gasteiger partial charge in [0.1, 0.15) is 5.82 Å². The van der Waals surface area contributed by atoms with Crippen LogP contribution >= 0.6 is 24.0 Å². The van der Waals surface area contributed by atoms with Crippen molar-refractivity contribution in [1.82, 2.24) is 5.32 Å². The van der Waals surface area contributed by atoms with E-state index in [-0.39, 0.29) is 24.4 Å². The van der Waals surface area contributed by atoms with Crippen molar-refractivity contribution < 1.29 is 9.18 Å². The Bertz CT molecular complexity index is 429. The lowest BCUT2D eigenvalue weighted by Gasteiger charge is -2.18. The van der Waals surface area contributed by atoms with Crippen LogP contribution in [0.1, 0.15) is 38.3 Å². The van der Waals surface area contributed by atoms with Crippen LogP contribution in [0.5, 0.6) is 0 Å². The third-order valence-electron chi connectivity index (χ3n) is 2.72. The number of carbonyl (C=O) groups excluding carboxylic acids is 1. The van der Waals surface area contributed by atoms with Gasteiger partial charge in [-0.05, 0) is 31.0 Å². The van der Waals surface area contributed by atoms with E-state index >= 15 is 0 Å². The standard InChI is InChI=1S/C13H18ClFN2O.ClH/c1-3-4-12(16)13(18)17-8(2)10-6-5-9(15)7-11(10)14;/h5-8,12H,3-4,16H2,1-2H3,(H,17,18);1H. The number of carbonyl (C=O) groups is 1. The lowest BCUT2D eigenvalue weighted by Crippen LogP contribution is -2.41. The maximum atomic E-state index is 12.9. The second kappa shape index (κ2) is 8.35. The van der Waals surface area contributed by atoms with Gasteiger partial charge in [-0.15, -0.1) is 12.4 Å². The Morgan fingerprint density at radius 1 is 1.53 bits per heavy atom. The molecule has 0 bridgehead atoms. The molecule has 0 heterocycles. The van der Waals surface area contributed by atoms with Crippen LogP contribution in [0.3, 0.4) is 0 Å². The van der Waals surface area contributed by atoms with Gasteiger partial charge in [-0.1, -0.05) is 31.0 Å². The molecule has 2 unspecified atom stereocenters. The molecule has 0 aliphatic heterocycles. The molecule has 1 rings (SSSR count). The van der Waals surface area contributed by atoms with Crippen molar-refractivity contribution in [3.8, 4) is 0 Å². The predicted octanol–water partition coefficient (Wildman–Crippen LogP) is 3.21. The summed E-state index contributed by atoms with van der Waals surface area (Å²) < 4.78 is 12.9. The van der Waals surface area contributed by atoms with Crippen molar-refractivity contribution in [2.24, 2.45) is 5.73 Å². The summed E-state index contributed by atoms with van der Waals surface area (Å²) in [6, 6.07) is 3.29. The fourth-order valence-electron chi connectivity index (χ4n) is 1.69. The van der Waals surface area contributed by atoms with Crippen LogP contribution < -0.4 is 11.1 Å². The van der Waals surface area contributed by atoms with Crippen LogP contribution in [0.2, 0.25) is 5.02 Å². The van der Waals surface area contributed by atoms with Gasteiger partial charge in [0, 0.05) is 5.02 Å². The Morgan fingerprint density at radius 2 is 2.16 bits per heavy atom. The van der Waals surface area contributed by atoms with Gasteiger partial charge in [-0.2, -0.15) is 0 Å². The molecule has 0 aliphatic rings. The van der Waals surface area contributed by atoms with E-state index in [1.807, 2.05) is 6.92 Å². The van der Waals surface area contributed by atoms with E-state index < -0.39 is 11.9 Å². The zero-order valence-electron chi connectivity index (χ0n) is 11.0. The van der Waals surface area contributed by atoms with E-state index in [1.165, 1.54) is 12.1 Å². The summed E-state index contributed by atoms with van der Waals surface area (Å²) >= 11 is 5.93. The smallest absolute Gasteiger partial charge is 0.237 e. The van der Waals surface area contributed by atoms with E-state index in [0.717, 1.165) is 6.42 Å². The first-order valence-corrected chi connectivity index (χ1v) is 6.34. The molecule has 3 N–H and O–H groups in total. The maximum absolute atomic E-state index is 12.9. The normalized spacial score (nSPS) is 13.3. The van der Waals surface area contributed by atoms with Crippen molar-refractivity contribution in [1.29, 1.82) is 0 Å². The van der Waals surface area contributed by atoms with Crippen LogP contribution in [-0.4, -0.2) is 11.9 Å². The summed E-state index contributed by atoms with van der Waals surface area (Å²) in [6.07, 6.45) is 1.48. The summed E-state index contributed by atoms with van der Waals surface area (Å²) in [5.41, 5.74) is 6.39. The van der Waals surface area contributed by atoms with Crippen LogP contribution in [0.15, 0.2) is 18.2 Å². The molecular weight excluding hydrogens is 290 g/mol. The van der Waals surface area contributed by atoms with Gasteiger partial charge >= 0.3 is 0 Å². The van der Waals surface area contributed by atoms with Gasteiger partial charge in [-0.3, -0.25) is 4.79 Å². The number of nitrogens with one attached hydrogen (secondary N) is 1. The molecule has 0 aromatic heterocycles. The van der Waals surface area contributed by atoms with E-state index in [0.29, 0.717) is 17.0 Å². The Balaban J connectivity index is 0.00000324. The fraction of sp³-hybridized carbons (Fsp3) is 0.462. The number of benzene rings is 1. The van der Waals surface area contributed by atoms with Crippen molar-refractivity contribution >= 4 is 29.9 Å². The number of amides is 1. The van der Waals surface area contributed by atoms with E-state index in [1.54, 1.807) is 13.0 Å². The number of hydrogen-bond donors (Lipinski definition) is 2. The molecule has 1 amide bonds. The zero-order chi connectivity index (χ0) is 13.7. The third kappa shape index (κ3) is 5.35. The highest BCUT2D eigenvalue weighted by atomic mass is 35.5. The lowest BCUT2D eigenvalue weighted by molar-refractivity contribution is -0.123. The molecule has 2 atom stereocenters. The average molecular weight is 309 g/mol. The molecule has 6 heteroatoms. The maximum Gasteiger partial charge on any atom is 0.237 e. The predicted molar refractivity (Wildman–Crippen MR) is 78.1 cm³/mol. The third-order valence-corrected chi connectivity index (χ3v) is 3.05. The van der Waals surface area contributed by atoms with Gasteiger partial charge in [0.15, 0.2) is 0 Å². The fourth-order valence-corrected chi connectivity index (χ4v) is 2.02. The summed E-state index contributed by atoms with van der Waals surface area (Å²) in [6.45, 7) is 3.75. The van der Waals surface area contributed by atoms with Crippen molar-refractivity contribution in [2.45, 2.75) is 38.8 Å². The van der Waals surface area contributed by atoms with E-state index in [2.05, 4.69) is 5.32 Å². The van der Waals surface area contributed by atoms with Crippen LogP contribution in [0.25, 0.3) is 0 Å². The average Bonchev–Trinajstić information content (AvgIpc) is 2.28. The minimum absolute atomic E-state index is 0. The van der Waals surface area contributed by atoms with Crippen molar-refractivity contribution in [3.63, 3.8) is 0 Å². The van der Waals surface area contributed by atoms with Crippen LogP contribution in [0, 0.1) is 5.82 Å². The van der Waals surface area contributed by atoms with Crippen molar-refractivity contribution in [3.05, 3.63) is 34.6 Å². The second-order valence-corrected chi connectivity index (χ2v) is 4.70. The summed E-state index contributed by atoms with van der Waals surface area (Å²) in [5.74, 6) is -0.616. The number of nitrogens with two attached hydrogens (primary N) is 1. The molecule has 3 nitrogen and oxygen atoms in total. The molecule has 1 aromatic carbocycles. The molecular formula is C13H19Cl2FN2O. The lowest BCUT2D eigenvalue weighted by atomic mass is 10.1. The Labute approximate surface area is 124 Å². The highest BCUT2D eigenvalue weighted by molar-refractivity contribution is 6.31. The Morgan fingerprint density at radius 3 is 2.68 bits per heavy atom. The first-order valence-electron chi connectivity index (χ1n) is 5.96. The van der Waals surface area contributed by atoms with E-state index in [9.17, 15) is 9.18 Å². The monoisotopic (exact) mass is 308 g/mol. The first kappa shape index (κ1) is 18.2. The van der Waals surface area contributed by atoms with Gasteiger partial charge in [-0.25, -0.2) is 4.39 Å². The molecule has 0 aliphatic carbocycles.